The van der Waals surface area contributed by atoms with Crippen LogP contribution in [0, 0.1) is 0 Å². The van der Waals surface area contributed by atoms with Crippen molar-refractivity contribution in [3.8, 4) is 11.1 Å². The molecular weight excluding hydrogens is 322 g/mol. The molecule has 2 aromatic heterocycles. The van der Waals surface area contributed by atoms with Crippen LogP contribution in [0.1, 0.15) is 5.56 Å². The molecule has 0 aliphatic rings. The number of rotatable bonds is 4. The van der Waals surface area contributed by atoms with Gasteiger partial charge in [-0.1, -0.05) is 29.8 Å². The summed E-state index contributed by atoms with van der Waals surface area (Å²) in [4.78, 5) is 9.11. The predicted molar refractivity (Wildman–Crippen MR) is 95.9 cm³/mol. The van der Waals surface area contributed by atoms with Gasteiger partial charge in [-0.15, -0.1) is 0 Å². The smallest absolute Gasteiger partial charge is 0.145 e. The molecule has 118 valence electrons. The van der Waals surface area contributed by atoms with Gasteiger partial charge in [0.15, 0.2) is 0 Å². The molecule has 0 spiro atoms. The first-order valence-electron chi connectivity index (χ1n) is 7.52. The number of halogens is 1. The van der Waals surface area contributed by atoms with Crippen LogP contribution >= 0.6 is 11.6 Å². The van der Waals surface area contributed by atoms with Crippen molar-refractivity contribution in [2.45, 2.75) is 6.54 Å². The van der Waals surface area contributed by atoms with Crippen LogP contribution in [-0.2, 0) is 6.54 Å². The second-order valence-electron chi connectivity index (χ2n) is 5.43. The van der Waals surface area contributed by atoms with E-state index in [4.69, 9.17) is 11.6 Å². The lowest BCUT2D eigenvalue weighted by Crippen LogP contribution is -2.02. The molecule has 2 N–H and O–H groups in total. The Bertz CT molecular complexity index is 965. The van der Waals surface area contributed by atoms with Gasteiger partial charge < -0.3 is 5.32 Å². The van der Waals surface area contributed by atoms with Crippen molar-refractivity contribution < 1.29 is 0 Å². The Kier molecular flexibility index (Phi) is 3.84. The topological polar surface area (TPSA) is 66.5 Å². The predicted octanol–water partition coefficient (Wildman–Crippen LogP) is 4.29. The Labute approximate surface area is 143 Å². The highest BCUT2D eigenvalue weighted by Gasteiger charge is 2.04. The maximum atomic E-state index is 5.90. The molecule has 0 aliphatic carbocycles. The van der Waals surface area contributed by atoms with Crippen LogP contribution in [0.4, 0.5) is 5.82 Å². The number of aromatic nitrogens is 4. The molecule has 24 heavy (non-hydrogen) atoms. The number of nitrogens with one attached hydrogen (secondary N) is 2. The molecule has 0 aliphatic heterocycles. The average Bonchev–Trinajstić information content (AvgIpc) is 3.15. The molecule has 0 amide bonds. The lowest BCUT2D eigenvalue weighted by molar-refractivity contribution is 1.09. The third-order valence-electron chi connectivity index (χ3n) is 3.76. The summed E-state index contributed by atoms with van der Waals surface area (Å²) in [5, 5.41) is 10.8. The summed E-state index contributed by atoms with van der Waals surface area (Å²) in [6, 6.07) is 13.7. The number of anilines is 1. The van der Waals surface area contributed by atoms with E-state index in [2.05, 4.69) is 25.5 Å². The quantitative estimate of drug-likeness (QED) is 0.584. The van der Waals surface area contributed by atoms with E-state index in [1.165, 1.54) is 0 Å². The zero-order chi connectivity index (χ0) is 16.4. The van der Waals surface area contributed by atoms with E-state index in [1.54, 1.807) is 12.4 Å². The van der Waals surface area contributed by atoms with Crippen molar-refractivity contribution in [3.05, 3.63) is 71.6 Å². The van der Waals surface area contributed by atoms with Crippen LogP contribution in [-0.4, -0.2) is 20.2 Å². The van der Waals surface area contributed by atoms with Crippen molar-refractivity contribution in [2.24, 2.45) is 0 Å². The minimum absolute atomic E-state index is 0.671. The maximum Gasteiger partial charge on any atom is 0.145 e. The van der Waals surface area contributed by atoms with Crippen LogP contribution < -0.4 is 5.32 Å². The molecular formula is C18H14ClN5. The van der Waals surface area contributed by atoms with Gasteiger partial charge in [-0.2, -0.15) is 5.10 Å². The number of hydrogen-bond donors (Lipinski definition) is 2. The third-order valence-corrected chi connectivity index (χ3v) is 4.01. The number of H-pyrrole nitrogens is 1. The van der Waals surface area contributed by atoms with Crippen LogP contribution in [0.3, 0.4) is 0 Å². The van der Waals surface area contributed by atoms with Gasteiger partial charge >= 0.3 is 0 Å². The molecule has 0 saturated carbocycles. The van der Waals surface area contributed by atoms with E-state index in [1.807, 2.05) is 48.7 Å². The summed E-state index contributed by atoms with van der Waals surface area (Å²) in [7, 11) is 0. The second kappa shape index (κ2) is 6.29. The molecule has 0 atom stereocenters. The lowest BCUT2D eigenvalue weighted by atomic mass is 10.1. The van der Waals surface area contributed by atoms with Gasteiger partial charge in [0.2, 0.25) is 0 Å². The van der Waals surface area contributed by atoms with Crippen molar-refractivity contribution in [1.29, 1.82) is 0 Å². The zero-order valence-corrected chi connectivity index (χ0v) is 13.5. The minimum atomic E-state index is 0.671. The van der Waals surface area contributed by atoms with Gasteiger partial charge in [0, 0.05) is 23.3 Å². The number of fused-ring (bicyclic) bond motifs is 1. The summed E-state index contributed by atoms with van der Waals surface area (Å²) in [6.45, 7) is 0.671. The Morgan fingerprint density at radius 1 is 0.958 bits per heavy atom. The van der Waals surface area contributed by atoms with E-state index < -0.39 is 0 Å². The summed E-state index contributed by atoms with van der Waals surface area (Å²) in [5.74, 6) is 0.744. The Balaban J connectivity index is 1.55. The van der Waals surface area contributed by atoms with E-state index >= 15 is 0 Å². The maximum absolute atomic E-state index is 5.90. The Morgan fingerprint density at radius 2 is 1.83 bits per heavy atom. The normalized spacial score (nSPS) is 10.9. The van der Waals surface area contributed by atoms with Crippen molar-refractivity contribution in [1.82, 2.24) is 20.2 Å². The Morgan fingerprint density at radius 3 is 2.62 bits per heavy atom. The highest BCUT2D eigenvalue weighted by atomic mass is 35.5. The largest absolute Gasteiger partial charge is 0.365 e. The summed E-state index contributed by atoms with van der Waals surface area (Å²) >= 11 is 5.90. The number of aromatic amines is 1. The molecule has 0 bridgehead atoms. The number of nitrogens with zero attached hydrogens (tertiary/aromatic N) is 3. The van der Waals surface area contributed by atoms with Crippen LogP contribution in [0.15, 0.2) is 61.1 Å². The number of benzene rings is 2. The first-order chi connectivity index (χ1) is 11.8. The van der Waals surface area contributed by atoms with Crippen LogP contribution in [0.5, 0.6) is 0 Å². The third kappa shape index (κ3) is 3.07. The van der Waals surface area contributed by atoms with Crippen LogP contribution in [0.2, 0.25) is 5.02 Å². The minimum Gasteiger partial charge on any atom is -0.365 e. The van der Waals surface area contributed by atoms with Crippen molar-refractivity contribution >= 4 is 28.5 Å². The molecule has 6 heteroatoms. The highest BCUT2D eigenvalue weighted by Crippen LogP contribution is 2.22. The van der Waals surface area contributed by atoms with Gasteiger partial charge in [-0.05, 0) is 35.4 Å². The monoisotopic (exact) mass is 335 g/mol. The fraction of sp³-hybridized carbons (Fsp3) is 0.0556. The summed E-state index contributed by atoms with van der Waals surface area (Å²) < 4.78 is 0. The van der Waals surface area contributed by atoms with Crippen molar-refractivity contribution in [2.75, 3.05) is 5.32 Å². The lowest BCUT2D eigenvalue weighted by Gasteiger charge is -2.07. The van der Waals surface area contributed by atoms with E-state index in [0.29, 0.717) is 6.54 Å². The molecule has 0 fully saturated rings. The number of hydrogen-bond acceptors (Lipinski definition) is 4. The molecule has 0 radical (unpaired) electrons. The standard InChI is InChI=1S/C18H14ClN5/c19-15-4-1-12(2-5-15)8-21-18-11-20-17-7-13(3-6-16(17)24-18)14-9-22-23-10-14/h1-7,9-11H,8H2,(H,21,24)(H,22,23). The first-order valence-corrected chi connectivity index (χ1v) is 7.90. The second-order valence-corrected chi connectivity index (χ2v) is 5.86. The molecule has 0 unspecified atom stereocenters. The molecule has 5 nitrogen and oxygen atoms in total. The van der Waals surface area contributed by atoms with E-state index in [9.17, 15) is 0 Å². The van der Waals surface area contributed by atoms with Gasteiger partial charge in [0.1, 0.15) is 5.82 Å². The molecule has 4 rings (SSSR count). The van der Waals surface area contributed by atoms with Gasteiger partial charge in [0.25, 0.3) is 0 Å². The zero-order valence-electron chi connectivity index (χ0n) is 12.7. The Hall–Kier alpha value is -2.92. The highest BCUT2D eigenvalue weighted by molar-refractivity contribution is 6.30. The molecule has 2 aromatic carbocycles. The van der Waals surface area contributed by atoms with Gasteiger partial charge in [-0.25, -0.2) is 4.98 Å². The molecule has 0 saturated heterocycles. The summed E-state index contributed by atoms with van der Waals surface area (Å²) in [5.41, 5.74) is 4.93. The van der Waals surface area contributed by atoms with E-state index in [0.717, 1.165) is 38.6 Å². The van der Waals surface area contributed by atoms with E-state index in [-0.39, 0.29) is 0 Å². The fourth-order valence-corrected chi connectivity index (χ4v) is 2.61. The average molecular weight is 336 g/mol. The molecule has 4 aromatic rings. The fourth-order valence-electron chi connectivity index (χ4n) is 2.48. The van der Waals surface area contributed by atoms with Gasteiger partial charge in [0.05, 0.1) is 23.4 Å². The van der Waals surface area contributed by atoms with Crippen LogP contribution in [0.25, 0.3) is 22.2 Å². The van der Waals surface area contributed by atoms with Crippen molar-refractivity contribution in [3.63, 3.8) is 0 Å². The SMILES string of the molecule is Clc1ccc(CNc2cnc3cc(-c4cn[nH]c4)ccc3n2)cc1. The van der Waals surface area contributed by atoms with Gasteiger partial charge in [-0.3, -0.25) is 10.1 Å². The molecule has 2 heterocycles. The summed E-state index contributed by atoms with van der Waals surface area (Å²) in [6.07, 6.45) is 5.39. The first kappa shape index (κ1) is 14.7.